The summed E-state index contributed by atoms with van der Waals surface area (Å²) in [6.07, 6.45) is -0.817. The molecular formula is C13H17NO4S. The Bertz CT molecular complexity index is 450. The minimum atomic E-state index is -0.817. The van der Waals surface area contributed by atoms with Gasteiger partial charge in [-0.05, 0) is 19.1 Å². The highest BCUT2D eigenvalue weighted by Gasteiger charge is 2.10. The molecule has 0 saturated carbocycles. The van der Waals surface area contributed by atoms with Gasteiger partial charge in [0, 0.05) is 11.3 Å². The van der Waals surface area contributed by atoms with Gasteiger partial charge in [0.05, 0.1) is 24.2 Å². The number of thioether (sulfide) groups is 1. The van der Waals surface area contributed by atoms with Crippen molar-refractivity contribution < 1.29 is 19.8 Å². The molecule has 1 aromatic carbocycles. The number of rotatable bonds is 7. The van der Waals surface area contributed by atoms with Crippen molar-refractivity contribution >= 4 is 29.1 Å². The first kappa shape index (κ1) is 15.7. The Labute approximate surface area is 116 Å². The van der Waals surface area contributed by atoms with Crippen LogP contribution in [0.2, 0.25) is 0 Å². The molecule has 104 valence electrons. The van der Waals surface area contributed by atoms with E-state index in [0.29, 0.717) is 11.3 Å². The number of aliphatic hydroxyl groups is 2. The maximum atomic E-state index is 11.7. The number of carbonyl (C=O) groups is 2. The Morgan fingerprint density at radius 2 is 2.05 bits per heavy atom. The van der Waals surface area contributed by atoms with Crippen LogP contribution in [0.5, 0.6) is 0 Å². The van der Waals surface area contributed by atoms with E-state index < -0.39 is 6.10 Å². The zero-order valence-electron chi connectivity index (χ0n) is 10.6. The Kier molecular flexibility index (Phi) is 6.55. The molecule has 1 rings (SSSR count). The molecule has 0 aliphatic heterocycles. The second-order valence-electron chi connectivity index (χ2n) is 4.00. The Morgan fingerprint density at radius 3 is 2.68 bits per heavy atom. The highest BCUT2D eigenvalue weighted by Crippen LogP contribution is 2.16. The number of hydrogen-bond donors (Lipinski definition) is 3. The van der Waals surface area contributed by atoms with Gasteiger partial charge in [-0.3, -0.25) is 9.59 Å². The summed E-state index contributed by atoms with van der Waals surface area (Å²) < 4.78 is 0. The van der Waals surface area contributed by atoms with Gasteiger partial charge >= 0.3 is 0 Å². The molecule has 0 aliphatic rings. The second kappa shape index (κ2) is 7.93. The van der Waals surface area contributed by atoms with Crippen LogP contribution >= 0.6 is 11.8 Å². The quantitative estimate of drug-likeness (QED) is 0.648. The molecule has 0 saturated heterocycles. The zero-order chi connectivity index (χ0) is 14.3. The third kappa shape index (κ3) is 5.42. The maximum Gasteiger partial charge on any atom is 0.234 e. The normalized spacial score (nSPS) is 11.9. The number of anilines is 1. The molecule has 1 aromatic rings. The summed E-state index contributed by atoms with van der Waals surface area (Å²) in [4.78, 5) is 23.0. The van der Waals surface area contributed by atoms with Crippen LogP contribution in [0.1, 0.15) is 17.3 Å². The lowest BCUT2D eigenvalue weighted by molar-refractivity contribution is -0.113. The Hall–Kier alpha value is -1.37. The fourth-order valence-electron chi connectivity index (χ4n) is 1.43. The number of benzene rings is 1. The lowest BCUT2D eigenvalue weighted by Gasteiger charge is -2.09. The SMILES string of the molecule is CC(=O)c1ccccc1NC(=O)CSCC(O)CO. The van der Waals surface area contributed by atoms with E-state index in [-0.39, 0.29) is 29.8 Å². The van der Waals surface area contributed by atoms with Gasteiger partial charge < -0.3 is 15.5 Å². The molecule has 0 aromatic heterocycles. The predicted molar refractivity (Wildman–Crippen MR) is 75.5 cm³/mol. The molecule has 6 heteroatoms. The van der Waals surface area contributed by atoms with Crippen molar-refractivity contribution in [1.29, 1.82) is 0 Å². The minimum Gasteiger partial charge on any atom is -0.394 e. The molecule has 5 nitrogen and oxygen atoms in total. The highest BCUT2D eigenvalue weighted by atomic mass is 32.2. The van der Waals surface area contributed by atoms with Crippen LogP contribution in [0, 0.1) is 0 Å². The summed E-state index contributed by atoms with van der Waals surface area (Å²) in [5.41, 5.74) is 0.958. The van der Waals surface area contributed by atoms with E-state index in [1.807, 2.05) is 0 Å². The molecule has 0 fully saturated rings. The van der Waals surface area contributed by atoms with Crippen LogP contribution < -0.4 is 5.32 Å². The van der Waals surface area contributed by atoms with E-state index in [1.165, 1.54) is 18.7 Å². The van der Waals surface area contributed by atoms with Gasteiger partial charge in [-0.2, -0.15) is 0 Å². The van der Waals surface area contributed by atoms with Gasteiger partial charge in [0.2, 0.25) is 5.91 Å². The van der Waals surface area contributed by atoms with E-state index in [9.17, 15) is 9.59 Å². The zero-order valence-corrected chi connectivity index (χ0v) is 11.4. The Morgan fingerprint density at radius 1 is 1.37 bits per heavy atom. The first-order valence-electron chi connectivity index (χ1n) is 5.81. The standard InChI is InChI=1S/C13H17NO4S/c1-9(16)11-4-2-3-5-12(11)14-13(18)8-19-7-10(17)6-15/h2-5,10,15,17H,6-8H2,1H3,(H,14,18). The topological polar surface area (TPSA) is 86.6 Å². The molecule has 3 N–H and O–H groups in total. The van der Waals surface area contributed by atoms with Gasteiger partial charge in [-0.15, -0.1) is 11.8 Å². The van der Waals surface area contributed by atoms with E-state index >= 15 is 0 Å². The number of Topliss-reactive ketones (excluding diaryl/α,β-unsaturated/α-hetero) is 1. The molecule has 0 radical (unpaired) electrons. The maximum absolute atomic E-state index is 11.7. The van der Waals surface area contributed by atoms with Crippen LogP contribution in [-0.4, -0.2) is 46.1 Å². The lowest BCUT2D eigenvalue weighted by Crippen LogP contribution is -2.19. The first-order chi connectivity index (χ1) is 9.04. The van der Waals surface area contributed by atoms with Crippen LogP contribution in [-0.2, 0) is 4.79 Å². The molecule has 0 bridgehead atoms. The molecule has 0 heterocycles. The monoisotopic (exact) mass is 283 g/mol. The number of amides is 1. The molecule has 1 amide bonds. The number of para-hydroxylation sites is 1. The van der Waals surface area contributed by atoms with E-state index in [2.05, 4.69) is 5.32 Å². The molecule has 1 atom stereocenters. The number of aliphatic hydroxyl groups excluding tert-OH is 2. The van der Waals surface area contributed by atoms with Crippen molar-refractivity contribution in [3.05, 3.63) is 29.8 Å². The van der Waals surface area contributed by atoms with E-state index in [4.69, 9.17) is 10.2 Å². The van der Waals surface area contributed by atoms with Crippen LogP contribution in [0.25, 0.3) is 0 Å². The van der Waals surface area contributed by atoms with Gasteiger partial charge in [0.1, 0.15) is 0 Å². The van der Waals surface area contributed by atoms with Gasteiger partial charge in [-0.25, -0.2) is 0 Å². The van der Waals surface area contributed by atoms with Crippen molar-refractivity contribution in [2.75, 3.05) is 23.4 Å². The first-order valence-corrected chi connectivity index (χ1v) is 6.96. The second-order valence-corrected chi connectivity index (χ2v) is 5.03. The third-order valence-electron chi connectivity index (χ3n) is 2.33. The summed E-state index contributed by atoms with van der Waals surface area (Å²) in [6, 6.07) is 6.80. The van der Waals surface area contributed by atoms with E-state index in [0.717, 1.165) is 0 Å². The minimum absolute atomic E-state index is 0.112. The number of ketones is 1. The third-order valence-corrected chi connectivity index (χ3v) is 3.42. The van der Waals surface area contributed by atoms with Gasteiger partial charge in [0.25, 0.3) is 0 Å². The number of carbonyl (C=O) groups excluding carboxylic acids is 2. The van der Waals surface area contributed by atoms with Gasteiger partial charge in [-0.1, -0.05) is 12.1 Å². The summed E-state index contributed by atoms with van der Waals surface area (Å²) in [5.74, 6) is 0.0878. The smallest absolute Gasteiger partial charge is 0.234 e. The molecule has 19 heavy (non-hydrogen) atoms. The fourth-order valence-corrected chi connectivity index (χ4v) is 2.18. The van der Waals surface area contributed by atoms with Crippen molar-refractivity contribution in [3.8, 4) is 0 Å². The average Bonchev–Trinajstić information content (AvgIpc) is 2.38. The van der Waals surface area contributed by atoms with Crippen LogP contribution in [0.15, 0.2) is 24.3 Å². The fraction of sp³-hybridized carbons (Fsp3) is 0.385. The summed E-state index contributed by atoms with van der Waals surface area (Å²) in [6.45, 7) is 1.12. The molecule has 1 unspecified atom stereocenters. The molecule has 0 aliphatic carbocycles. The lowest BCUT2D eigenvalue weighted by atomic mass is 10.1. The van der Waals surface area contributed by atoms with Crippen LogP contribution in [0.4, 0.5) is 5.69 Å². The average molecular weight is 283 g/mol. The predicted octanol–water partition coefficient (Wildman–Crippen LogP) is 0.914. The van der Waals surface area contributed by atoms with Crippen molar-refractivity contribution in [3.63, 3.8) is 0 Å². The molecular weight excluding hydrogens is 266 g/mol. The summed E-state index contributed by atoms with van der Waals surface area (Å²) in [5, 5.41) is 20.4. The largest absolute Gasteiger partial charge is 0.394 e. The molecule has 0 spiro atoms. The number of hydrogen-bond acceptors (Lipinski definition) is 5. The Balaban J connectivity index is 2.51. The van der Waals surface area contributed by atoms with Crippen molar-refractivity contribution in [2.24, 2.45) is 0 Å². The summed E-state index contributed by atoms with van der Waals surface area (Å²) in [7, 11) is 0. The van der Waals surface area contributed by atoms with Crippen molar-refractivity contribution in [2.45, 2.75) is 13.0 Å². The van der Waals surface area contributed by atoms with Gasteiger partial charge in [0.15, 0.2) is 5.78 Å². The number of nitrogens with one attached hydrogen (secondary N) is 1. The summed E-state index contributed by atoms with van der Waals surface area (Å²) >= 11 is 1.22. The highest BCUT2D eigenvalue weighted by molar-refractivity contribution is 8.00. The van der Waals surface area contributed by atoms with Crippen LogP contribution in [0.3, 0.4) is 0 Å². The van der Waals surface area contributed by atoms with E-state index in [1.54, 1.807) is 24.3 Å². The van der Waals surface area contributed by atoms with Crippen molar-refractivity contribution in [1.82, 2.24) is 0 Å².